The molecule has 1 atom stereocenters. The Morgan fingerprint density at radius 3 is 2.24 bits per heavy atom. The van der Waals surface area contributed by atoms with Crippen molar-refractivity contribution in [2.75, 3.05) is 6.26 Å². The van der Waals surface area contributed by atoms with Crippen LogP contribution in [-0.2, 0) is 20.3 Å². The van der Waals surface area contributed by atoms with Gasteiger partial charge in [-0.1, -0.05) is 12.1 Å². The lowest BCUT2D eigenvalue weighted by atomic mass is 9.92. The van der Waals surface area contributed by atoms with Crippen LogP contribution in [0.1, 0.15) is 25.0 Å². The maximum atomic E-state index is 13.2. The first-order valence-corrected chi connectivity index (χ1v) is 9.93. The SMILES string of the molecule is CS(=O)c1ccc(C2=C(c3ccc(F)cc3)C(=O)C(C)(C)O2)cc1Br. The quantitative estimate of drug-likeness (QED) is 0.727. The molecule has 1 aliphatic rings. The number of Topliss-reactive ketones (excluding diaryl/α,β-unsaturated/α-hetero) is 1. The third-order valence-corrected chi connectivity index (χ3v) is 5.89. The predicted molar refractivity (Wildman–Crippen MR) is 99.9 cm³/mol. The number of halogens is 2. The summed E-state index contributed by atoms with van der Waals surface area (Å²) in [5, 5.41) is 0. The summed E-state index contributed by atoms with van der Waals surface area (Å²) in [6, 6.07) is 11.1. The van der Waals surface area contributed by atoms with Crippen molar-refractivity contribution in [1.29, 1.82) is 0 Å². The van der Waals surface area contributed by atoms with Crippen molar-refractivity contribution in [3.63, 3.8) is 0 Å². The normalized spacial score (nSPS) is 17.6. The molecule has 0 radical (unpaired) electrons. The molecule has 2 aromatic rings. The van der Waals surface area contributed by atoms with E-state index in [1.165, 1.54) is 12.1 Å². The van der Waals surface area contributed by atoms with Crippen molar-refractivity contribution in [3.05, 3.63) is 63.9 Å². The van der Waals surface area contributed by atoms with Crippen LogP contribution >= 0.6 is 15.9 Å². The molecule has 0 fully saturated rings. The van der Waals surface area contributed by atoms with Crippen molar-refractivity contribution in [2.45, 2.75) is 24.3 Å². The molecule has 0 bridgehead atoms. The van der Waals surface area contributed by atoms with Crippen LogP contribution in [0.3, 0.4) is 0 Å². The van der Waals surface area contributed by atoms with Gasteiger partial charge in [-0.2, -0.15) is 0 Å². The van der Waals surface area contributed by atoms with E-state index in [9.17, 15) is 13.4 Å². The zero-order chi connectivity index (χ0) is 18.4. The number of hydrogen-bond donors (Lipinski definition) is 0. The first kappa shape index (κ1) is 18.0. The fourth-order valence-electron chi connectivity index (χ4n) is 2.71. The van der Waals surface area contributed by atoms with Crippen molar-refractivity contribution in [3.8, 4) is 0 Å². The summed E-state index contributed by atoms with van der Waals surface area (Å²) in [5.74, 6) is -0.0850. The van der Waals surface area contributed by atoms with Crippen LogP contribution in [-0.4, -0.2) is 21.8 Å². The number of ether oxygens (including phenoxy) is 1. The highest BCUT2D eigenvalue weighted by Gasteiger charge is 2.42. The second-order valence-corrected chi connectivity index (χ2v) is 8.45. The molecule has 130 valence electrons. The molecule has 0 aromatic heterocycles. The van der Waals surface area contributed by atoms with Crippen LogP contribution in [0.2, 0.25) is 0 Å². The van der Waals surface area contributed by atoms with E-state index in [2.05, 4.69) is 15.9 Å². The molecule has 0 saturated carbocycles. The van der Waals surface area contributed by atoms with Gasteiger partial charge in [0, 0.05) is 16.3 Å². The summed E-state index contributed by atoms with van der Waals surface area (Å²) in [6.07, 6.45) is 1.60. The maximum Gasteiger partial charge on any atom is 0.210 e. The van der Waals surface area contributed by atoms with Crippen LogP contribution in [0.5, 0.6) is 0 Å². The maximum absolute atomic E-state index is 13.2. The summed E-state index contributed by atoms with van der Waals surface area (Å²) in [6.45, 7) is 3.41. The fourth-order valence-corrected chi connectivity index (χ4v) is 4.37. The number of benzene rings is 2. The van der Waals surface area contributed by atoms with E-state index in [1.807, 2.05) is 0 Å². The minimum atomic E-state index is -1.13. The first-order valence-electron chi connectivity index (χ1n) is 7.58. The van der Waals surface area contributed by atoms with Crippen molar-refractivity contribution < 1.29 is 18.1 Å². The van der Waals surface area contributed by atoms with Gasteiger partial charge in [-0.3, -0.25) is 9.00 Å². The summed E-state index contributed by atoms with van der Waals surface area (Å²) >= 11 is 3.42. The third kappa shape index (κ3) is 3.33. The molecule has 0 aliphatic carbocycles. The van der Waals surface area contributed by atoms with E-state index in [0.29, 0.717) is 31.8 Å². The molecule has 0 spiro atoms. The zero-order valence-corrected chi connectivity index (χ0v) is 16.3. The van der Waals surface area contributed by atoms with Crippen LogP contribution in [0.4, 0.5) is 4.39 Å². The second kappa shape index (κ2) is 6.50. The molecule has 25 heavy (non-hydrogen) atoms. The van der Waals surface area contributed by atoms with Crippen molar-refractivity contribution >= 4 is 43.8 Å². The molecule has 3 nitrogen and oxygen atoms in total. The van der Waals surface area contributed by atoms with Crippen LogP contribution in [0.15, 0.2) is 51.8 Å². The summed E-state index contributed by atoms with van der Waals surface area (Å²) in [5.41, 5.74) is 0.713. The van der Waals surface area contributed by atoms with Crippen molar-refractivity contribution in [2.24, 2.45) is 0 Å². The summed E-state index contributed by atoms with van der Waals surface area (Å²) in [4.78, 5) is 13.5. The van der Waals surface area contributed by atoms with Crippen molar-refractivity contribution in [1.82, 2.24) is 0 Å². The Bertz CT molecular complexity index is 917. The van der Waals surface area contributed by atoms with Gasteiger partial charge in [0.15, 0.2) is 5.60 Å². The van der Waals surface area contributed by atoms with E-state index in [4.69, 9.17) is 4.74 Å². The van der Waals surface area contributed by atoms with Gasteiger partial charge in [-0.05, 0) is 65.7 Å². The molecule has 3 rings (SSSR count). The highest BCUT2D eigenvalue weighted by Crippen LogP contribution is 2.42. The Balaban J connectivity index is 2.18. The van der Waals surface area contributed by atoms with Gasteiger partial charge in [0.1, 0.15) is 11.6 Å². The first-order chi connectivity index (χ1) is 11.7. The molecule has 0 amide bonds. The Morgan fingerprint density at radius 1 is 1.08 bits per heavy atom. The van der Waals surface area contributed by atoms with Crippen LogP contribution in [0, 0.1) is 5.82 Å². The van der Waals surface area contributed by atoms with Gasteiger partial charge in [-0.15, -0.1) is 0 Å². The molecule has 0 saturated heterocycles. The van der Waals surface area contributed by atoms with Gasteiger partial charge in [0.05, 0.1) is 21.3 Å². The standard InChI is InChI=1S/C19H16BrFO3S/c1-19(2)18(22)16(11-4-7-13(21)8-5-11)17(24-19)12-6-9-15(25(3)23)14(20)10-12/h4-10H,1-3H3. The van der Waals surface area contributed by atoms with Gasteiger partial charge in [0.25, 0.3) is 0 Å². The third-order valence-electron chi connectivity index (χ3n) is 3.99. The van der Waals surface area contributed by atoms with E-state index >= 15 is 0 Å². The predicted octanol–water partition coefficient (Wildman–Crippen LogP) is 4.57. The molecule has 6 heteroatoms. The number of carbonyl (C=O) groups excluding carboxylic acids is 1. The molecule has 1 heterocycles. The average Bonchev–Trinajstić information content (AvgIpc) is 2.78. The highest BCUT2D eigenvalue weighted by molar-refractivity contribution is 9.10. The minimum absolute atomic E-state index is 0.159. The lowest BCUT2D eigenvalue weighted by Crippen LogP contribution is -2.29. The molecule has 1 aliphatic heterocycles. The van der Waals surface area contributed by atoms with E-state index in [-0.39, 0.29) is 11.6 Å². The molecule has 2 aromatic carbocycles. The van der Waals surface area contributed by atoms with Gasteiger partial charge in [-0.25, -0.2) is 4.39 Å². The number of ketones is 1. The molecular weight excluding hydrogens is 407 g/mol. The number of hydrogen-bond acceptors (Lipinski definition) is 3. The average molecular weight is 423 g/mol. The lowest BCUT2D eigenvalue weighted by molar-refractivity contribution is -0.125. The van der Waals surface area contributed by atoms with E-state index in [0.717, 1.165) is 0 Å². The molecule has 0 N–H and O–H groups in total. The lowest BCUT2D eigenvalue weighted by Gasteiger charge is -2.18. The van der Waals surface area contributed by atoms with E-state index < -0.39 is 16.4 Å². The smallest absolute Gasteiger partial charge is 0.210 e. The Labute approximate surface area is 156 Å². The monoisotopic (exact) mass is 422 g/mol. The highest BCUT2D eigenvalue weighted by atomic mass is 79.9. The van der Waals surface area contributed by atoms with Crippen LogP contribution in [0.25, 0.3) is 11.3 Å². The second-order valence-electron chi connectivity index (χ2n) is 6.25. The number of rotatable bonds is 3. The summed E-state index contributed by atoms with van der Waals surface area (Å²) < 4.78 is 31.6. The number of carbonyl (C=O) groups is 1. The Kier molecular flexibility index (Phi) is 4.68. The fraction of sp³-hybridized carbons (Fsp3) is 0.211. The Hall–Kier alpha value is -1.79. The summed E-state index contributed by atoms with van der Waals surface area (Å²) in [7, 11) is -1.13. The van der Waals surface area contributed by atoms with Gasteiger partial charge < -0.3 is 4.74 Å². The van der Waals surface area contributed by atoms with Gasteiger partial charge in [0.2, 0.25) is 5.78 Å². The molecule has 1 unspecified atom stereocenters. The van der Waals surface area contributed by atoms with Gasteiger partial charge >= 0.3 is 0 Å². The minimum Gasteiger partial charge on any atom is -0.478 e. The topological polar surface area (TPSA) is 43.4 Å². The Morgan fingerprint density at radius 2 is 1.68 bits per heavy atom. The van der Waals surface area contributed by atoms with Crippen LogP contribution < -0.4 is 0 Å². The molecular formula is C19H16BrFO3S. The largest absolute Gasteiger partial charge is 0.478 e. The zero-order valence-electron chi connectivity index (χ0n) is 13.9. The van der Waals surface area contributed by atoms with E-state index in [1.54, 1.807) is 50.4 Å².